The second-order valence-corrected chi connectivity index (χ2v) is 8.33. The van der Waals surface area contributed by atoms with Crippen molar-refractivity contribution < 1.29 is 14.3 Å². The van der Waals surface area contributed by atoms with Gasteiger partial charge in [-0.05, 0) is 74.9 Å². The maximum absolute atomic E-state index is 12.5. The zero-order valence-electron chi connectivity index (χ0n) is 14.3. The molecule has 0 aliphatic carbocycles. The third-order valence-electron chi connectivity index (χ3n) is 3.49. The number of benzene rings is 1. The molecular weight excluding hydrogens is 405 g/mol. The number of rotatable bonds is 2. The summed E-state index contributed by atoms with van der Waals surface area (Å²) in [5, 5.41) is 0. The standard InChI is InChI=1S/C18H24INO3/c1-17(2,3)23-16(21)20-15(12-22-18(20,4)5)11-8-13-6-9-14(19)10-7-13/h6-11,15H,12H2,1-5H3/t15-/m0/s1. The molecule has 23 heavy (non-hydrogen) atoms. The second-order valence-electron chi connectivity index (χ2n) is 7.09. The Kier molecular flexibility index (Phi) is 5.41. The predicted octanol–water partition coefficient (Wildman–Crippen LogP) is 4.68. The molecule has 1 aliphatic heterocycles. The van der Waals surface area contributed by atoms with Crippen LogP contribution in [0, 0.1) is 3.57 Å². The summed E-state index contributed by atoms with van der Waals surface area (Å²) in [5.74, 6) is 0. The first-order valence-corrected chi connectivity index (χ1v) is 8.76. The number of carbonyl (C=O) groups is 1. The van der Waals surface area contributed by atoms with E-state index in [1.807, 2.05) is 46.8 Å². The van der Waals surface area contributed by atoms with Crippen molar-refractivity contribution >= 4 is 34.8 Å². The number of amides is 1. The number of halogens is 1. The van der Waals surface area contributed by atoms with Crippen LogP contribution in [0.15, 0.2) is 30.3 Å². The molecule has 5 heteroatoms. The van der Waals surface area contributed by atoms with Gasteiger partial charge >= 0.3 is 6.09 Å². The summed E-state index contributed by atoms with van der Waals surface area (Å²) in [4.78, 5) is 14.2. The molecule has 0 aromatic heterocycles. The number of hydrogen-bond donors (Lipinski definition) is 0. The molecule has 1 aliphatic rings. The number of ether oxygens (including phenoxy) is 2. The van der Waals surface area contributed by atoms with E-state index in [1.165, 1.54) is 3.57 Å². The van der Waals surface area contributed by atoms with Gasteiger partial charge in [0, 0.05) is 3.57 Å². The van der Waals surface area contributed by atoms with Crippen LogP contribution in [0.4, 0.5) is 4.79 Å². The summed E-state index contributed by atoms with van der Waals surface area (Å²) in [6, 6.07) is 8.08. The van der Waals surface area contributed by atoms with Crippen LogP contribution in [-0.2, 0) is 9.47 Å². The van der Waals surface area contributed by atoms with Crippen molar-refractivity contribution in [3.05, 3.63) is 39.5 Å². The van der Waals surface area contributed by atoms with E-state index < -0.39 is 11.3 Å². The summed E-state index contributed by atoms with van der Waals surface area (Å²) in [6.07, 6.45) is 3.67. The van der Waals surface area contributed by atoms with Gasteiger partial charge in [-0.2, -0.15) is 0 Å². The Morgan fingerprint density at radius 1 is 1.35 bits per heavy atom. The Hall–Kier alpha value is -1.08. The highest BCUT2D eigenvalue weighted by Gasteiger charge is 2.44. The number of hydrogen-bond acceptors (Lipinski definition) is 3. The summed E-state index contributed by atoms with van der Waals surface area (Å²) in [5.41, 5.74) is -0.108. The second kappa shape index (κ2) is 6.81. The minimum atomic E-state index is -0.677. The number of nitrogens with zero attached hydrogens (tertiary/aromatic N) is 1. The molecule has 0 N–H and O–H groups in total. The van der Waals surface area contributed by atoms with Gasteiger partial charge in [-0.15, -0.1) is 0 Å². The van der Waals surface area contributed by atoms with E-state index in [-0.39, 0.29) is 12.1 Å². The summed E-state index contributed by atoms with van der Waals surface area (Å²) in [6.45, 7) is 9.83. The van der Waals surface area contributed by atoms with Gasteiger partial charge in [0.15, 0.2) is 0 Å². The molecule has 1 aromatic carbocycles. The quantitative estimate of drug-likeness (QED) is 0.642. The van der Waals surface area contributed by atoms with Gasteiger partial charge in [0.25, 0.3) is 0 Å². The topological polar surface area (TPSA) is 38.8 Å². The molecule has 4 nitrogen and oxygen atoms in total. The van der Waals surface area contributed by atoms with Crippen molar-refractivity contribution in [2.45, 2.75) is 52.0 Å². The van der Waals surface area contributed by atoms with Gasteiger partial charge in [0.1, 0.15) is 11.3 Å². The highest BCUT2D eigenvalue weighted by atomic mass is 127. The summed E-state index contributed by atoms with van der Waals surface area (Å²) < 4.78 is 12.5. The van der Waals surface area contributed by atoms with Gasteiger partial charge in [0.2, 0.25) is 0 Å². The van der Waals surface area contributed by atoms with Crippen LogP contribution in [0.25, 0.3) is 6.08 Å². The lowest BCUT2D eigenvalue weighted by molar-refractivity contribution is -0.0610. The SMILES string of the molecule is CC(C)(C)OC(=O)N1[C@@H](C=Cc2ccc(I)cc2)COC1(C)C. The maximum atomic E-state index is 12.5. The van der Waals surface area contributed by atoms with Crippen LogP contribution in [0.3, 0.4) is 0 Å². The van der Waals surface area contributed by atoms with E-state index in [4.69, 9.17) is 9.47 Å². The van der Waals surface area contributed by atoms with Crippen LogP contribution in [0.5, 0.6) is 0 Å². The Labute approximate surface area is 152 Å². The first kappa shape index (κ1) is 18.3. The zero-order chi connectivity index (χ0) is 17.3. The molecule has 0 bridgehead atoms. The largest absolute Gasteiger partial charge is 0.444 e. The molecule has 0 radical (unpaired) electrons. The van der Waals surface area contributed by atoms with Crippen molar-refractivity contribution in [2.75, 3.05) is 6.61 Å². The number of carbonyl (C=O) groups excluding carboxylic acids is 1. The minimum absolute atomic E-state index is 0.140. The molecule has 1 heterocycles. The zero-order valence-corrected chi connectivity index (χ0v) is 16.5. The van der Waals surface area contributed by atoms with Crippen LogP contribution >= 0.6 is 22.6 Å². The fourth-order valence-corrected chi connectivity index (χ4v) is 2.80. The molecule has 0 spiro atoms. The molecule has 126 valence electrons. The fraction of sp³-hybridized carbons (Fsp3) is 0.500. The molecule has 1 atom stereocenters. The predicted molar refractivity (Wildman–Crippen MR) is 100 cm³/mol. The van der Waals surface area contributed by atoms with E-state index in [0.29, 0.717) is 6.61 Å². The van der Waals surface area contributed by atoms with E-state index in [1.54, 1.807) is 4.90 Å². The monoisotopic (exact) mass is 429 g/mol. The van der Waals surface area contributed by atoms with Gasteiger partial charge in [-0.3, -0.25) is 4.90 Å². The molecule has 1 saturated heterocycles. The Bertz CT molecular complexity index is 587. The van der Waals surface area contributed by atoms with Crippen molar-refractivity contribution in [3.8, 4) is 0 Å². The average molecular weight is 429 g/mol. The summed E-state index contributed by atoms with van der Waals surface area (Å²) >= 11 is 2.28. The highest BCUT2D eigenvalue weighted by Crippen LogP contribution is 2.30. The van der Waals surface area contributed by atoms with Crippen molar-refractivity contribution in [2.24, 2.45) is 0 Å². The van der Waals surface area contributed by atoms with Crippen LogP contribution in [-0.4, -0.2) is 35.0 Å². The van der Waals surface area contributed by atoms with Gasteiger partial charge in [-0.25, -0.2) is 4.79 Å². The molecular formula is C18H24INO3. The normalized spacial score (nSPS) is 21.0. The smallest absolute Gasteiger partial charge is 0.413 e. The first-order chi connectivity index (χ1) is 10.6. The summed E-state index contributed by atoms with van der Waals surface area (Å²) in [7, 11) is 0. The first-order valence-electron chi connectivity index (χ1n) is 7.68. The Balaban J connectivity index is 2.16. The van der Waals surface area contributed by atoms with Gasteiger partial charge in [0.05, 0.1) is 12.6 Å². The Morgan fingerprint density at radius 2 is 1.96 bits per heavy atom. The van der Waals surface area contributed by atoms with Gasteiger partial charge in [-0.1, -0.05) is 24.3 Å². The molecule has 2 rings (SSSR count). The maximum Gasteiger partial charge on any atom is 0.413 e. The Morgan fingerprint density at radius 3 is 2.52 bits per heavy atom. The molecule has 1 fully saturated rings. The lowest BCUT2D eigenvalue weighted by atomic mass is 10.1. The highest BCUT2D eigenvalue weighted by molar-refractivity contribution is 14.1. The van der Waals surface area contributed by atoms with Crippen molar-refractivity contribution in [1.29, 1.82) is 0 Å². The molecule has 0 saturated carbocycles. The third kappa shape index (κ3) is 4.94. The van der Waals surface area contributed by atoms with Gasteiger partial charge < -0.3 is 9.47 Å². The minimum Gasteiger partial charge on any atom is -0.444 e. The molecule has 1 aromatic rings. The van der Waals surface area contributed by atoms with E-state index in [2.05, 4.69) is 46.9 Å². The van der Waals surface area contributed by atoms with Crippen LogP contribution < -0.4 is 0 Å². The van der Waals surface area contributed by atoms with Crippen molar-refractivity contribution in [3.63, 3.8) is 0 Å². The van der Waals surface area contributed by atoms with Crippen LogP contribution in [0.1, 0.15) is 40.2 Å². The van der Waals surface area contributed by atoms with Crippen LogP contribution in [0.2, 0.25) is 0 Å². The van der Waals surface area contributed by atoms with E-state index in [9.17, 15) is 4.79 Å². The molecule has 1 amide bonds. The van der Waals surface area contributed by atoms with Crippen molar-refractivity contribution in [1.82, 2.24) is 4.90 Å². The fourth-order valence-electron chi connectivity index (χ4n) is 2.44. The lowest BCUT2D eigenvalue weighted by Crippen LogP contribution is -2.49. The van der Waals surface area contributed by atoms with E-state index >= 15 is 0 Å². The third-order valence-corrected chi connectivity index (χ3v) is 4.21. The van der Waals surface area contributed by atoms with E-state index in [0.717, 1.165) is 5.56 Å². The lowest BCUT2D eigenvalue weighted by Gasteiger charge is -2.34. The molecule has 0 unspecified atom stereocenters. The average Bonchev–Trinajstić information content (AvgIpc) is 2.71.